The molecule has 2 saturated heterocycles. The molecule has 2 fully saturated rings. The summed E-state index contributed by atoms with van der Waals surface area (Å²) in [5.41, 5.74) is 4.34. The van der Waals surface area contributed by atoms with E-state index in [0.29, 0.717) is 40.2 Å². The van der Waals surface area contributed by atoms with Gasteiger partial charge in [0.15, 0.2) is 11.4 Å². The van der Waals surface area contributed by atoms with Crippen LogP contribution in [0.15, 0.2) is 51.9 Å². The van der Waals surface area contributed by atoms with Crippen LogP contribution in [0.3, 0.4) is 0 Å². The Bertz CT molecular complexity index is 1750. The summed E-state index contributed by atoms with van der Waals surface area (Å²) < 4.78 is 40.8. The number of aliphatic hydroxyl groups excluding tert-OH is 2. The Morgan fingerprint density at radius 1 is 1.15 bits per heavy atom. The van der Waals surface area contributed by atoms with Crippen LogP contribution in [0, 0.1) is 19.5 Å². The highest BCUT2D eigenvalue weighted by molar-refractivity contribution is 6.06. The van der Waals surface area contributed by atoms with Gasteiger partial charge in [-0.05, 0) is 95.7 Å². The average molecular weight is 723 g/mol. The number of carbonyl (C=O) groups is 1. The van der Waals surface area contributed by atoms with Crippen molar-refractivity contribution >= 4 is 52.3 Å². The van der Waals surface area contributed by atoms with Crippen molar-refractivity contribution < 1.29 is 32.9 Å². The second-order valence-electron chi connectivity index (χ2n) is 12.3. The average Bonchev–Trinajstić information content (AvgIpc) is 3.82. The maximum atomic E-state index is 14.9. The third-order valence-electron chi connectivity index (χ3n) is 8.79. The molecule has 2 aliphatic rings. The number of aryl methyl sites for hydroxylation is 1. The van der Waals surface area contributed by atoms with E-state index in [1.54, 1.807) is 0 Å². The molecule has 0 spiro atoms. The van der Waals surface area contributed by atoms with Crippen molar-refractivity contribution in [1.29, 1.82) is 0 Å². The molecule has 0 unspecified atom stereocenters. The number of aliphatic hydroxyl groups is 2. The maximum absolute atomic E-state index is 14.9. The molecule has 4 heterocycles. The number of nitrogens with zero attached hydrogens (tertiary/aromatic N) is 6. The van der Waals surface area contributed by atoms with Crippen LogP contribution < -0.4 is 9.80 Å². The molecule has 4 aromatic rings. The molecule has 13 heteroatoms. The SMILES string of the molecule is C#CO.C=Nc1ccccc1N(CO)C1CCN(C)CC1.CC.Cc1ccc2c(c1)oc1c(N3CCCC3)nc(C(F)(F)CCCOCC=O)nc12. The van der Waals surface area contributed by atoms with Gasteiger partial charge >= 0.3 is 5.92 Å². The topological polar surface area (TPSA) is 128 Å². The fourth-order valence-electron chi connectivity index (χ4n) is 6.22. The smallest absolute Gasteiger partial charge is 0.306 e. The number of rotatable bonds is 12. The second-order valence-corrected chi connectivity index (χ2v) is 12.3. The molecule has 0 atom stereocenters. The Labute approximate surface area is 305 Å². The zero-order valence-electron chi connectivity index (χ0n) is 30.7. The number of furan rings is 1. The van der Waals surface area contributed by atoms with E-state index in [9.17, 15) is 18.7 Å². The van der Waals surface area contributed by atoms with E-state index in [0.717, 1.165) is 68.8 Å². The van der Waals surface area contributed by atoms with Gasteiger partial charge in [-0.3, -0.25) is 4.99 Å². The molecule has 11 nitrogen and oxygen atoms in total. The Hall–Kier alpha value is -4.64. The molecule has 0 bridgehead atoms. The number of benzene rings is 2. The van der Waals surface area contributed by atoms with Crippen LogP contribution in [0.2, 0.25) is 0 Å². The van der Waals surface area contributed by atoms with E-state index in [1.807, 2.05) is 73.0 Å². The van der Waals surface area contributed by atoms with Crippen LogP contribution in [0.5, 0.6) is 0 Å². The maximum Gasteiger partial charge on any atom is 0.306 e. The number of likely N-dealkylation sites (tertiary alicyclic amines) is 1. The number of alkyl halides is 2. The second kappa shape index (κ2) is 21.0. The summed E-state index contributed by atoms with van der Waals surface area (Å²) in [7, 11) is 2.14. The van der Waals surface area contributed by atoms with Gasteiger partial charge in [0.25, 0.3) is 0 Å². The number of piperidine rings is 1. The highest BCUT2D eigenvalue weighted by Gasteiger charge is 2.37. The molecule has 6 rings (SSSR count). The minimum Gasteiger partial charge on any atom is -0.462 e. The lowest BCUT2D eigenvalue weighted by Crippen LogP contribution is -2.44. The van der Waals surface area contributed by atoms with E-state index in [4.69, 9.17) is 14.3 Å². The number of terminal acetylenes is 1. The van der Waals surface area contributed by atoms with Crippen LogP contribution in [-0.4, -0.2) is 97.3 Å². The normalized spacial score (nSPS) is 14.7. The first-order valence-electron chi connectivity index (χ1n) is 17.7. The van der Waals surface area contributed by atoms with E-state index < -0.39 is 18.2 Å². The van der Waals surface area contributed by atoms with Gasteiger partial charge in [-0.2, -0.15) is 8.78 Å². The molecule has 282 valence electrons. The van der Waals surface area contributed by atoms with Gasteiger partial charge in [0.1, 0.15) is 36.8 Å². The molecule has 2 aromatic heterocycles. The molecular weight excluding hydrogens is 670 g/mol. The minimum atomic E-state index is -3.21. The molecule has 0 amide bonds. The number of aldehydes is 1. The highest BCUT2D eigenvalue weighted by Crippen LogP contribution is 2.39. The Morgan fingerprint density at radius 3 is 2.46 bits per heavy atom. The Kier molecular flexibility index (Phi) is 16.9. The molecule has 0 radical (unpaired) electrons. The number of hydrogen-bond acceptors (Lipinski definition) is 11. The van der Waals surface area contributed by atoms with Crippen molar-refractivity contribution in [3.63, 3.8) is 0 Å². The van der Waals surface area contributed by atoms with Crippen LogP contribution in [-0.2, 0) is 15.5 Å². The molecule has 2 aromatic carbocycles. The van der Waals surface area contributed by atoms with Gasteiger partial charge in [0, 0.05) is 37.5 Å². The zero-order valence-corrected chi connectivity index (χ0v) is 30.7. The molecule has 2 aliphatic heterocycles. The van der Waals surface area contributed by atoms with Crippen LogP contribution in [0.25, 0.3) is 22.1 Å². The summed E-state index contributed by atoms with van der Waals surface area (Å²) in [5.74, 6) is -3.26. The summed E-state index contributed by atoms with van der Waals surface area (Å²) in [6.07, 6.45) is 9.78. The largest absolute Gasteiger partial charge is 0.462 e. The number of ether oxygens (including phenoxy) is 1. The van der Waals surface area contributed by atoms with Crippen molar-refractivity contribution in [3.8, 4) is 12.5 Å². The van der Waals surface area contributed by atoms with Gasteiger partial charge < -0.3 is 38.9 Å². The van der Waals surface area contributed by atoms with E-state index >= 15 is 0 Å². The van der Waals surface area contributed by atoms with Crippen LogP contribution in [0.4, 0.5) is 26.0 Å². The highest BCUT2D eigenvalue weighted by atomic mass is 19.3. The van der Waals surface area contributed by atoms with Gasteiger partial charge in [0.05, 0.1) is 11.4 Å². The van der Waals surface area contributed by atoms with Gasteiger partial charge in [-0.15, -0.1) is 0 Å². The summed E-state index contributed by atoms with van der Waals surface area (Å²) in [6.45, 7) is 13.2. The first-order chi connectivity index (χ1) is 25.2. The fraction of sp³-hybridized carbons (Fsp3) is 0.487. The van der Waals surface area contributed by atoms with E-state index in [-0.39, 0.29) is 26.4 Å². The molecule has 2 N–H and O–H groups in total. The van der Waals surface area contributed by atoms with Crippen molar-refractivity contribution in [1.82, 2.24) is 14.9 Å². The number of anilines is 2. The molecular formula is C39H52F2N6O5. The lowest BCUT2D eigenvalue weighted by molar-refractivity contribution is -0.112. The first-order valence-corrected chi connectivity index (χ1v) is 17.7. The Morgan fingerprint density at radius 2 is 1.83 bits per heavy atom. The number of fused-ring (bicyclic) bond motifs is 3. The summed E-state index contributed by atoms with van der Waals surface area (Å²) >= 11 is 0. The first kappa shape index (κ1) is 41.8. The predicted octanol–water partition coefficient (Wildman–Crippen LogP) is 7.22. The monoisotopic (exact) mass is 722 g/mol. The number of para-hydroxylation sites is 2. The molecule has 0 saturated carbocycles. The van der Waals surface area contributed by atoms with Gasteiger partial charge in [0.2, 0.25) is 5.82 Å². The minimum absolute atomic E-state index is 0.0287. The van der Waals surface area contributed by atoms with Crippen molar-refractivity contribution in [2.45, 2.75) is 71.3 Å². The third kappa shape index (κ3) is 10.9. The van der Waals surface area contributed by atoms with E-state index in [2.05, 4.69) is 40.0 Å². The van der Waals surface area contributed by atoms with Crippen molar-refractivity contribution in [3.05, 3.63) is 53.9 Å². The molecule has 0 aliphatic carbocycles. The zero-order chi connectivity index (χ0) is 38.1. The Balaban J connectivity index is 0.000000271. The summed E-state index contributed by atoms with van der Waals surface area (Å²) in [6, 6.07) is 13.9. The number of aromatic nitrogens is 2. The standard InChI is InChI=1S/C21H23F2N3O3.C14H21N3O.C2H2O.C2H6/c1-14-5-6-15-16(13-14)29-18-17(15)24-20(25-19(18)26-8-2-3-9-26)21(22,23)7-4-11-28-12-10-27;1-15-13-5-3-4-6-14(13)17(11-18)12-7-9-16(2)10-8-12;1-2-3;1-2/h5-6,10,13H,2-4,7-9,11-12H2,1H3;3-6,12,18H,1,7-11H2,2H3;1,3H;1-2H3. The van der Waals surface area contributed by atoms with Crippen LogP contribution in [0.1, 0.15) is 63.8 Å². The number of aliphatic imine (C=N–C) groups is 1. The molecule has 52 heavy (non-hydrogen) atoms. The summed E-state index contributed by atoms with van der Waals surface area (Å²) in [5, 5.41) is 17.5. The summed E-state index contributed by atoms with van der Waals surface area (Å²) in [4.78, 5) is 29.2. The number of hydrogen-bond donors (Lipinski definition) is 2. The quantitative estimate of drug-likeness (QED) is 0.0509. The van der Waals surface area contributed by atoms with Crippen molar-refractivity contribution in [2.24, 2.45) is 4.99 Å². The lowest BCUT2D eigenvalue weighted by atomic mass is 10.0. The lowest BCUT2D eigenvalue weighted by Gasteiger charge is -2.37. The predicted molar refractivity (Wildman–Crippen MR) is 203 cm³/mol. The van der Waals surface area contributed by atoms with Gasteiger partial charge in [-0.25, -0.2) is 9.97 Å². The van der Waals surface area contributed by atoms with Gasteiger partial charge in [-0.1, -0.05) is 38.5 Å². The third-order valence-corrected chi connectivity index (χ3v) is 8.79. The fourth-order valence-corrected chi connectivity index (χ4v) is 6.22. The van der Waals surface area contributed by atoms with Crippen molar-refractivity contribution in [2.75, 3.05) is 63.0 Å². The number of halogens is 2. The van der Waals surface area contributed by atoms with Crippen LogP contribution >= 0.6 is 0 Å². The van der Waals surface area contributed by atoms with E-state index in [1.165, 1.54) is 6.11 Å². The number of carbonyl (C=O) groups excluding carboxylic acids is 1.